The Morgan fingerprint density at radius 3 is 2.07 bits per heavy atom. The van der Waals surface area contributed by atoms with Gasteiger partial charge < -0.3 is 14.3 Å². The molecule has 1 aliphatic rings. The van der Waals surface area contributed by atoms with Crippen LogP contribution < -0.4 is 10.4 Å². The molecular weight excluding hydrogens is 553 g/mol. The molecule has 1 saturated heterocycles. The summed E-state index contributed by atoms with van der Waals surface area (Å²) in [6.45, 7) is 12.0. The zero-order valence-corrected chi connectivity index (χ0v) is 27.7. The highest BCUT2D eigenvalue weighted by Gasteiger charge is 2.50. The van der Waals surface area contributed by atoms with Gasteiger partial charge in [-0.2, -0.15) is 0 Å². The van der Waals surface area contributed by atoms with Gasteiger partial charge in [-0.3, -0.25) is 0 Å². The molecule has 3 aromatic carbocycles. The van der Waals surface area contributed by atoms with Crippen molar-refractivity contribution in [1.29, 1.82) is 0 Å². The number of rotatable bonds is 12. The summed E-state index contributed by atoms with van der Waals surface area (Å²) in [6.07, 6.45) is 9.45. The molecule has 1 fully saturated rings. The van der Waals surface area contributed by atoms with Crippen LogP contribution in [0, 0.1) is 11.8 Å². The van der Waals surface area contributed by atoms with Crippen LogP contribution in [0.2, 0.25) is 5.04 Å². The quantitative estimate of drug-likeness (QED) is 0.169. The van der Waals surface area contributed by atoms with Crippen molar-refractivity contribution in [1.82, 2.24) is 0 Å². The fraction of sp³-hybridized carbons (Fsp3) is 0.405. The van der Waals surface area contributed by atoms with E-state index in [9.17, 15) is 5.11 Å². The van der Waals surface area contributed by atoms with Crippen LogP contribution in [0.25, 0.3) is 0 Å². The lowest BCUT2D eigenvalue weighted by atomic mass is 9.87. The van der Waals surface area contributed by atoms with E-state index in [0.29, 0.717) is 5.92 Å². The fourth-order valence-corrected chi connectivity index (χ4v) is 11.8. The Hall–Kier alpha value is -2.41. The average Bonchev–Trinajstić information content (AvgIpc) is 3.00. The summed E-state index contributed by atoms with van der Waals surface area (Å²) in [6, 6.07) is 32.5. The molecule has 1 aliphatic heterocycles. The Balaban J connectivity index is 1.54. The molecule has 0 amide bonds. The van der Waals surface area contributed by atoms with Gasteiger partial charge in [0.15, 0.2) is 0 Å². The van der Waals surface area contributed by atoms with Gasteiger partial charge in [0.2, 0.25) is 0 Å². The maximum absolute atomic E-state index is 9.36. The van der Waals surface area contributed by atoms with E-state index in [2.05, 4.69) is 131 Å². The van der Waals surface area contributed by atoms with Gasteiger partial charge in [0.25, 0.3) is 8.32 Å². The lowest BCUT2D eigenvalue weighted by Crippen LogP contribution is -2.66. The summed E-state index contributed by atoms with van der Waals surface area (Å²) in [5.41, 5.74) is 1.06. The summed E-state index contributed by atoms with van der Waals surface area (Å²) in [7, 11) is -2.56. The Morgan fingerprint density at radius 2 is 1.52 bits per heavy atom. The van der Waals surface area contributed by atoms with E-state index in [-0.39, 0.29) is 29.1 Å². The summed E-state index contributed by atoms with van der Waals surface area (Å²) >= 11 is 1.84. The summed E-state index contributed by atoms with van der Waals surface area (Å²) in [4.78, 5) is 1.25. The molecule has 42 heavy (non-hydrogen) atoms. The minimum atomic E-state index is -2.56. The molecule has 0 spiro atoms. The van der Waals surface area contributed by atoms with E-state index in [0.717, 1.165) is 31.4 Å². The second-order valence-corrected chi connectivity index (χ2v) is 18.1. The second kappa shape index (κ2) is 15.4. The summed E-state index contributed by atoms with van der Waals surface area (Å²) in [5.74, 6) is 0.778. The van der Waals surface area contributed by atoms with E-state index in [1.807, 2.05) is 24.8 Å². The van der Waals surface area contributed by atoms with Crippen molar-refractivity contribution in [3.05, 3.63) is 115 Å². The second-order valence-electron chi connectivity index (χ2n) is 12.6. The van der Waals surface area contributed by atoms with E-state index in [1.54, 1.807) is 0 Å². The predicted molar refractivity (Wildman–Crippen MR) is 181 cm³/mol. The number of ether oxygens (including phenoxy) is 1. The molecule has 0 bridgehead atoms. The molecule has 4 rings (SSSR count). The van der Waals surface area contributed by atoms with Gasteiger partial charge in [0.1, 0.15) is 5.44 Å². The maximum Gasteiger partial charge on any atom is 0.261 e. The Labute approximate surface area is 259 Å². The SMILES string of the molecule is C/C(=C\C=C\[C@@H](C)[C@H]1C[C@@H](CCO[Si](c2ccccc2)(c2ccccc2)C(C)(C)C)C[C@H](Sc2ccccc2)O1)CO. The van der Waals surface area contributed by atoms with Crippen LogP contribution in [0.5, 0.6) is 0 Å². The molecule has 3 nitrogen and oxygen atoms in total. The van der Waals surface area contributed by atoms with E-state index in [1.165, 1.54) is 15.3 Å². The van der Waals surface area contributed by atoms with Crippen molar-refractivity contribution in [3.63, 3.8) is 0 Å². The van der Waals surface area contributed by atoms with E-state index in [4.69, 9.17) is 9.16 Å². The number of thioether (sulfide) groups is 1. The van der Waals surface area contributed by atoms with Crippen LogP contribution in [-0.4, -0.2) is 38.2 Å². The first-order valence-electron chi connectivity index (χ1n) is 15.3. The number of benzene rings is 3. The first kappa shape index (κ1) is 32.5. The van der Waals surface area contributed by atoms with Crippen LogP contribution in [-0.2, 0) is 9.16 Å². The first-order valence-corrected chi connectivity index (χ1v) is 18.1. The highest BCUT2D eigenvalue weighted by atomic mass is 32.2. The van der Waals surface area contributed by atoms with Crippen molar-refractivity contribution in [3.8, 4) is 0 Å². The highest BCUT2D eigenvalue weighted by molar-refractivity contribution is 7.99. The molecule has 0 aliphatic carbocycles. The third-order valence-electron chi connectivity index (χ3n) is 8.32. The maximum atomic E-state index is 9.36. The van der Waals surface area contributed by atoms with Gasteiger partial charge in [0, 0.05) is 17.4 Å². The van der Waals surface area contributed by atoms with Crippen LogP contribution in [0.1, 0.15) is 53.9 Å². The molecule has 0 radical (unpaired) electrons. The van der Waals surface area contributed by atoms with Crippen LogP contribution in [0.3, 0.4) is 0 Å². The Bertz CT molecular complexity index is 1230. The summed E-state index contributed by atoms with van der Waals surface area (Å²) in [5, 5.41) is 12.0. The molecule has 0 unspecified atom stereocenters. The largest absolute Gasteiger partial charge is 0.407 e. The number of allylic oxidation sites excluding steroid dienone is 2. The molecule has 224 valence electrons. The topological polar surface area (TPSA) is 38.7 Å². The Kier molecular flexibility index (Phi) is 11.9. The van der Waals surface area contributed by atoms with Gasteiger partial charge in [0.05, 0.1) is 12.7 Å². The third kappa shape index (κ3) is 8.36. The zero-order valence-electron chi connectivity index (χ0n) is 25.9. The van der Waals surface area contributed by atoms with Crippen molar-refractivity contribution in [2.24, 2.45) is 11.8 Å². The molecule has 5 heteroatoms. The first-order chi connectivity index (χ1) is 20.2. The lowest BCUT2D eigenvalue weighted by Gasteiger charge is -2.43. The van der Waals surface area contributed by atoms with Crippen LogP contribution in [0.15, 0.2) is 120 Å². The van der Waals surface area contributed by atoms with Gasteiger partial charge in [-0.15, -0.1) is 0 Å². The van der Waals surface area contributed by atoms with Crippen molar-refractivity contribution in [2.45, 2.75) is 75.4 Å². The Morgan fingerprint density at radius 1 is 0.952 bits per heavy atom. The molecule has 0 aromatic heterocycles. The molecule has 3 aromatic rings. The average molecular weight is 601 g/mol. The monoisotopic (exact) mass is 600 g/mol. The molecule has 1 heterocycles. The highest BCUT2D eigenvalue weighted by Crippen LogP contribution is 2.40. The van der Waals surface area contributed by atoms with Gasteiger partial charge in [-0.25, -0.2) is 0 Å². The predicted octanol–water partition coefficient (Wildman–Crippen LogP) is 8.00. The normalized spacial score (nSPS) is 21.0. The number of aliphatic hydroxyl groups is 1. The zero-order chi connectivity index (χ0) is 30.0. The molecule has 0 saturated carbocycles. The van der Waals surface area contributed by atoms with Gasteiger partial charge in [-0.05, 0) is 65.2 Å². The molecule has 4 atom stereocenters. The van der Waals surface area contributed by atoms with Crippen molar-refractivity contribution >= 4 is 30.5 Å². The van der Waals surface area contributed by atoms with Crippen LogP contribution >= 0.6 is 11.8 Å². The van der Waals surface area contributed by atoms with Gasteiger partial charge in [-0.1, -0.05) is 137 Å². The molecular formula is C37H48O3SSi. The number of hydrogen-bond acceptors (Lipinski definition) is 4. The third-order valence-corrected chi connectivity index (χ3v) is 14.5. The van der Waals surface area contributed by atoms with Crippen molar-refractivity contribution < 1.29 is 14.3 Å². The number of aliphatic hydroxyl groups excluding tert-OH is 1. The van der Waals surface area contributed by atoms with E-state index >= 15 is 0 Å². The smallest absolute Gasteiger partial charge is 0.261 e. The number of hydrogen-bond donors (Lipinski definition) is 1. The fourth-order valence-electron chi connectivity index (χ4n) is 6.02. The van der Waals surface area contributed by atoms with Crippen molar-refractivity contribution in [2.75, 3.05) is 13.2 Å². The van der Waals surface area contributed by atoms with E-state index < -0.39 is 8.32 Å². The van der Waals surface area contributed by atoms with Crippen LogP contribution in [0.4, 0.5) is 0 Å². The lowest BCUT2D eigenvalue weighted by molar-refractivity contribution is -0.0486. The molecule has 1 N–H and O–H groups in total. The summed E-state index contributed by atoms with van der Waals surface area (Å²) < 4.78 is 14.0. The van der Waals surface area contributed by atoms with Gasteiger partial charge >= 0.3 is 0 Å². The minimum absolute atomic E-state index is 0.0286. The standard InChI is InChI=1S/C37H48O3SSi/c1-29(28-38)16-15-17-30(2)35-26-31(27-36(40-35)41-32-18-9-6-10-19-32)24-25-39-42(37(3,4)5,33-20-11-7-12-21-33)34-22-13-8-14-23-34/h6-23,30-31,35-36,38H,24-28H2,1-5H3/b17-15+,29-16+/t30-,31-,35-,36+/m1/s1. The minimum Gasteiger partial charge on any atom is -0.407 e.